The van der Waals surface area contributed by atoms with Gasteiger partial charge in [-0.1, -0.05) is 54.2 Å². The molecule has 4 aromatic rings. The Bertz CT molecular complexity index is 1420. The maximum atomic E-state index is 14.0. The number of nitrogens with zero attached hydrogens (tertiary/aromatic N) is 3. The summed E-state index contributed by atoms with van der Waals surface area (Å²) >= 11 is 1.05. The molecule has 0 aliphatic carbocycles. The van der Waals surface area contributed by atoms with Crippen molar-refractivity contribution in [3.05, 3.63) is 106 Å². The fourth-order valence-electron chi connectivity index (χ4n) is 3.28. The van der Waals surface area contributed by atoms with E-state index in [0.29, 0.717) is 33.0 Å². The van der Waals surface area contributed by atoms with Crippen LogP contribution in [0.15, 0.2) is 88.8 Å². The standard InChI is InChI=1S/C25H14FN3O3S/c26-19-8-4-7-17(11-19)21-13-23(16-5-2-1-3-6-16)28-25(22(21)14-27)33-24-10-9-20(29(31)32)12-18(24)15-30/h1-13,15H. The molecule has 3 aromatic carbocycles. The first-order valence-corrected chi connectivity index (χ1v) is 10.5. The van der Waals surface area contributed by atoms with Crippen LogP contribution in [-0.2, 0) is 0 Å². The summed E-state index contributed by atoms with van der Waals surface area (Å²) in [7, 11) is 0. The van der Waals surface area contributed by atoms with Crippen molar-refractivity contribution in [2.24, 2.45) is 0 Å². The number of benzene rings is 3. The molecule has 1 aromatic heterocycles. The molecule has 0 saturated carbocycles. The molecule has 160 valence electrons. The smallest absolute Gasteiger partial charge is 0.270 e. The molecule has 0 fully saturated rings. The van der Waals surface area contributed by atoms with E-state index < -0.39 is 10.7 Å². The number of nitro groups is 1. The van der Waals surface area contributed by atoms with Crippen LogP contribution in [0.5, 0.6) is 0 Å². The first-order chi connectivity index (χ1) is 16.0. The molecule has 0 unspecified atom stereocenters. The van der Waals surface area contributed by atoms with E-state index in [1.165, 1.54) is 30.3 Å². The van der Waals surface area contributed by atoms with Crippen LogP contribution in [0.25, 0.3) is 22.4 Å². The number of hydrogen-bond acceptors (Lipinski definition) is 6. The minimum Gasteiger partial charge on any atom is -0.298 e. The summed E-state index contributed by atoms with van der Waals surface area (Å²) in [5.74, 6) is -0.442. The van der Waals surface area contributed by atoms with Crippen molar-refractivity contribution in [2.75, 3.05) is 0 Å². The lowest BCUT2D eigenvalue weighted by Gasteiger charge is -2.13. The van der Waals surface area contributed by atoms with Crippen molar-refractivity contribution >= 4 is 23.7 Å². The number of rotatable bonds is 6. The summed E-state index contributed by atoms with van der Waals surface area (Å²) in [4.78, 5) is 27.1. The topological polar surface area (TPSA) is 96.9 Å². The number of hydrogen-bond donors (Lipinski definition) is 0. The van der Waals surface area contributed by atoms with E-state index in [0.717, 1.165) is 17.3 Å². The van der Waals surface area contributed by atoms with Gasteiger partial charge in [0.05, 0.1) is 16.2 Å². The minimum absolute atomic E-state index is 0.109. The maximum absolute atomic E-state index is 14.0. The largest absolute Gasteiger partial charge is 0.298 e. The van der Waals surface area contributed by atoms with Gasteiger partial charge in [-0.05, 0) is 29.8 Å². The number of carbonyl (C=O) groups is 1. The summed E-state index contributed by atoms with van der Waals surface area (Å²) in [6.07, 6.45) is 0.524. The van der Waals surface area contributed by atoms with Crippen molar-refractivity contribution in [1.82, 2.24) is 4.98 Å². The monoisotopic (exact) mass is 455 g/mol. The third-order valence-electron chi connectivity index (χ3n) is 4.84. The molecule has 0 bridgehead atoms. The zero-order valence-corrected chi connectivity index (χ0v) is 17.8. The second-order valence-electron chi connectivity index (χ2n) is 6.92. The molecular formula is C25H14FN3O3S. The lowest BCUT2D eigenvalue weighted by molar-refractivity contribution is -0.384. The average molecular weight is 455 g/mol. The molecule has 6 nitrogen and oxygen atoms in total. The highest BCUT2D eigenvalue weighted by Crippen LogP contribution is 2.38. The van der Waals surface area contributed by atoms with Crippen molar-refractivity contribution < 1.29 is 14.1 Å². The highest BCUT2D eigenvalue weighted by Gasteiger charge is 2.19. The van der Waals surface area contributed by atoms with Gasteiger partial charge in [0.1, 0.15) is 16.9 Å². The first-order valence-electron chi connectivity index (χ1n) is 9.68. The summed E-state index contributed by atoms with van der Waals surface area (Å²) in [6, 6.07) is 23.0. The second-order valence-corrected chi connectivity index (χ2v) is 7.95. The molecule has 0 aliphatic rings. The van der Waals surface area contributed by atoms with E-state index in [9.17, 15) is 24.6 Å². The van der Waals surface area contributed by atoms with Crippen LogP contribution in [0.4, 0.5) is 10.1 Å². The first kappa shape index (κ1) is 21.9. The molecule has 0 radical (unpaired) electrons. The summed E-state index contributed by atoms with van der Waals surface area (Å²) in [5.41, 5.74) is 2.45. The van der Waals surface area contributed by atoms with Crippen molar-refractivity contribution in [3.63, 3.8) is 0 Å². The van der Waals surface area contributed by atoms with E-state index in [-0.39, 0.29) is 16.8 Å². The summed E-state index contributed by atoms with van der Waals surface area (Å²) in [6.45, 7) is 0. The van der Waals surface area contributed by atoms with Gasteiger partial charge in [0.2, 0.25) is 0 Å². The van der Waals surface area contributed by atoms with Gasteiger partial charge in [-0.25, -0.2) is 9.37 Å². The SMILES string of the molecule is N#Cc1c(-c2cccc(F)c2)cc(-c2ccccc2)nc1Sc1ccc([N+](=O)[O-])cc1C=O. The van der Waals surface area contributed by atoms with Crippen LogP contribution in [0.3, 0.4) is 0 Å². The predicted octanol–water partition coefficient (Wildman–Crippen LogP) is 6.30. The molecule has 0 spiro atoms. The fraction of sp³-hybridized carbons (Fsp3) is 0. The quantitative estimate of drug-likeness (QED) is 0.192. The molecular weight excluding hydrogens is 441 g/mol. The second kappa shape index (κ2) is 9.42. The van der Waals surface area contributed by atoms with E-state index in [2.05, 4.69) is 11.1 Å². The summed E-state index contributed by atoms with van der Waals surface area (Å²) in [5, 5.41) is 21.3. The van der Waals surface area contributed by atoms with Crippen LogP contribution in [0, 0.1) is 27.3 Å². The van der Waals surface area contributed by atoms with E-state index in [4.69, 9.17) is 0 Å². The Labute approximate surface area is 192 Å². The molecule has 0 saturated heterocycles. The van der Waals surface area contributed by atoms with Crippen molar-refractivity contribution in [1.29, 1.82) is 5.26 Å². The summed E-state index contributed by atoms with van der Waals surface area (Å²) < 4.78 is 14.0. The number of halogens is 1. The number of nitriles is 1. The molecule has 33 heavy (non-hydrogen) atoms. The van der Waals surface area contributed by atoms with Gasteiger partial charge < -0.3 is 0 Å². The van der Waals surface area contributed by atoms with Gasteiger partial charge >= 0.3 is 0 Å². The average Bonchev–Trinajstić information content (AvgIpc) is 2.84. The minimum atomic E-state index is -0.585. The molecule has 0 amide bonds. The zero-order chi connectivity index (χ0) is 23.4. The van der Waals surface area contributed by atoms with Crippen LogP contribution < -0.4 is 0 Å². The molecule has 0 aliphatic heterocycles. The highest BCUT2D eigenvalue weighted by molar-refractivity contribution is 7.99. The molecule has 8 heteroatoms. The fourth-order valence-corrected chi connectivity index (χ4v) is 4.25. The van der Waals surface area contributed by atoms with Crippen LogP contribution in [0.1, 0.15) is 15.9 Å². The Kier molecular flexibility index (Phi) is 6.24. The highest BCUT2D eigenvalue weighted by atomic mass is 32.2. The lowest BCUT2D eigenvalue weighted by atomic mass is 9.99. The Morgan fingerprint density at radius 3 is 2.42 bits per heavy atom. The van der Waals surface area contributed by atoms with E-state index in [1.54, 1.807) is 18.2 Å². The third-order valence-corrected chi connectivity index (χ3v) is 5.92. The van der Waals surface area contributed by atoms with Gasteiger partial charge in [0, 0.05) is 33.7 Å². The Morgan fingerprint density at radius 2 is 1.76 bits per heavy atom. The van der Waals surface area contributed by atoms with Gasteiger partial charge in [0.15, 0.2) is 6.29 Å². The Balaban J connectivity index is 1.92. The number of carbonyl (C=O) groups excluding carboxylic acids is 1. The molecule has 0 atom stereocenters. The van der Waals surface area contributed by atoms with E-state index >= 15 is 0 Å². The predicted molar refractivity (Wildman–Crippen MR) is 122 cm³/mol. The molecule has 4 rings (SSSR count). The number of pyridine rings is 1. The van der Waals surface area contributed by atoms with Gasteiger partial charge in [0.25, 0.3) is 5.69 Å². The van der Waals surface area contributed by atoms with Gasteiger partial charge in [-0.15, -0.1) is 0 Å². The Morgan fingerprint density at radius 1 is 1.00 bits per heavy atom. The van der Waals surface area contributed by atoms with Crippen LogP contribution >= 0.6 is 11.8 Å². The number of nitro benzene ring substituents is 1. The maximum Gasteiger partial charge on any atom is 0.270 e. The van der Waals surface area contributed by atoms with Crippen molar-refractivity contribution in [2.45, 2.75) is 9.92 Å². The lowest BCUT2D eigenvalue weighted by Crippen LogP contribution is -1.97. The molecule has 1 heterocycles. The third kappa shape index (κ3) is 4.63. The molecule has 0 N–H and O–H groups in total. The Hall–Kier alpha value is -4.35. The van der Waals surface area contributed by atoms with Crippen LogP contribution in [0.2, 0.25) is 0 Å². The van der Waals surface area contributed by atoms with E-state index in [1.807, 2.05) is 30.3 Å². The number of non-ortho nitro benzene ring substituents is 1. The number of aldehydes is 1. The normalized spacial score (nSPS) is 10.4. The van der Waals surface area contributed by atoms with Gasteiger partial charge in [-0.2, -0.15) is 5.26 Å². The van der Waals surface area contributed by atoms with Gasteiger partial charge in [-0.3, -0.25) is 14.9 Å². The number of aromatic nitrogens is 1. The van der Waals surface area contributed by atoms with Crippen molar-refractivity contribution in [3.8, 4) is 28.5 Å². The zero-order valence-electron chi connectivity index (χ0n) is 16.9. The van der Waals surface area contributed by atoms with Crippen LogP contribution in [-0.4, -0.2) is 16.2 Å².